The molecule has 0 bridgehead atoms. The van der Waals surface area contributed by atoms with E-state index in [0.29, 0.717) is 0 Å². The van der Waals surface area contributed by atoms with Gasteiger partial charge >= 0.3 is 0 Å². The molecular weight excluding hydrogens is 244 g/mol. The van der Waals surface area contributed by atoms with Gasteiger partial charge in [-0.2, -0.15) is 4.37 Å². The van der Waals surface area contributed by atoms with Crippen LogP contribution in [0.4, 0.5) is 10.8 Å². The summed E-state index contributed by atoms with van der Waals surface area (Å²) < 4.78 is 4.31. The van der Waals surface area contributed by atoms with Crippen molar-refractivity contribution >= 4 is 22.4 Å². The van der Waals surface area contributed by atoms with Gasteiger partial charge in [0, 0.05) is 30.7 Å². The minimum absolute atomic E-state index is 0.228. The van der Waals surface area contributed by atoms with Crippen molar-refractivity contribution < 1.29 is 0 Å². The van der Waals surface area contributed by atoms with Crippen molar-refractivity contribution in [3.05, 3.63) is 35.7 Å². The van der Waals surface area contributed by atoms with Gasteiger partial charge in [-0.25, -0.2) is 4.98 Å². The average Bonchev–Trinajstić information content (AvgIpc) is 2.85. The van der Waals surface area contributed by atoms with Crippen LogP contribution in [0.1, 0.15) is 31.3 Å². The van der Waals surface area contributed by atoms with Crippen LogP contribution in [-0.2, 0) is 6.42 Å². The maximum absolute atomic E-state index is 5.82. The van der Waals surface area contributed by atoms with Crippen LogP contribution >= 0.6 is 11.5 Å². The van der Waals surface area contributed by atoms with Gasteiger partial charge in [0.25, 0.3) is 0 Å². The summed E-state index contributed by atoms with van der Waals surface area (Å²) in [6.07, 6.45) is 0.872. The SMILES string of the molecule is CCc1nsc(N(C)C(C)c2cccc(N)c2)n1. The number of anilines is 2. The second kappa shape index (κ2) is 5.35. The van der Waals surface area contributed by atoms with Crippen molar-refractivity contribution in [1.29, 1.82) is 0 Å². The Labute approximate surface area is 112 Å². The fraction of sp³-hybridized carbons (Fsp3) is 0.385. The number of aromatic nitrogens is 2. The predicted octanol–water partition coefficient (Wildman–Crippen LogP) is 2.88. The molecule has 0 saturated carbocycles. The fourth-order valence-electron chi connectivity index (χ4n) is 1.74. The molecule has 5 heteroatoms. The maximum atomic E-state index is 5.82. The minimum Gasteiger partial charge on any atom is -0.399 e. The molecule has 4 nitrogen and oxygen atoms in total. The summed E-state index contributed by atoms with van der Waals surface area (Å²) in [7, 11) is 2.04. The Morgan fingerprint density at radius 3 is 2.83 bits per heavy atom. The Bertz CT molecular complexity index is 523. The Morgan fingerprint density at radius 1 is 1.44 bits per heavy atom. The molecule has 0 aliphatic rings. The molecule has 0 aliphatic carbocycles. The summed E-state index contributed by atoms with van der Waals surface area (Å²) in [6.45, 7) is 4.20. The first-order chi connectivity index (χ1) is 8.61. The molecule has 1 atom stereocenters. The van der Waals surface area contributed by atoms with Crippen LogP contribution < -0.4 is 10.6 Å². The minimum atomic E-state index is 0.228. The normalized spacial score (nSPS) is 12.4. The van der Waals surface area contributed by atoms with Gasteiger partial charge in [-0.1, -0.05) is 19.1 Å². The summed E-state index contributed by atoms with van der Waals surface area (Å²) in [5, 5.41) is 0.946. The molecule has 0 fully saturated rings. The van der Waals surface area contributed by atoms with E-state index in [1.165, 1.54) is 17.1 Å². The number of nitrogens with two attached hydrogens (primary N) is 1. The van der Waals surface area contributed by atoms with E-state index in [1.807, 2.05) is 25.2 Å². The molecule has 2 rings (SSSR count). The zero-order chi connectivity index (χ0) is 13.1. The number of aryl methyl sites for hydroxylation is 1. The molecule has 0 spiro atoms. The van der Waals surface area contributed by atoms with E-state index < -0.39 is 0 Å². The highest BCUT2D eigenvalue weighted by atomic mass is 32.1. The number of benzene rings is 1. The monoisotopic (exact) mass is 262 g/mol. The quantitative estimate of drug-likeness (QED) is 0.861. The third-order valence-electron chi connectivity index (χ3n) is 3.05. The van der Waals surface area contributed by atoms with Gasteiger partial charge in [0.1, 0.15) is 5.82 Å². The van der Waals surface area contributed by atoms with Crippen LogP contribution in [0.3, 0.4) is 0 Å². The molecule has 0 saturated heterocycles. The van der Waals surface area contributed by atoms with E-state index in [-0.39, 0.29) is 6.04 Å². The van der Waals surface area contributed by atoms with Gasteiger partial charge in [-0.15, -0.1) is 0 Å². The summed E-state index contributed by atoms with van der Waals surface area (Å²) in [4.78, 5) is 6.63. The van der Waals surface area contributed by atoms with Crippen LogP contribution in [0.15, 0.2) is 24.3 Å². The molecule has 1 unspecified atom stereocenters. The molecule has 0 aliphatic heterocycles. The molecule has 96 valence electrons. The van der Waals surface area contributed by atoms with Crippen LogP contribution in [-0.4, -0.2) is 16.4 Å². The van der Waals surface area contributed by atoms with Crippen molar-refractivity contribution in [2.45, 2.75) is 26.3 Å². The third kappa shape index (κ3) is 2.61. The summed E-state index contributed by atoms with van der Waals surface area (Å²) in [5.41, 5.74) is 7.79. The first-order valence-corrected chi connectivity index (χ1v) is 6.80. The molecule has 1 heterocycles. The Kier molecular flexibility index (Phi) is 3.81. The summed E-state index contributed by atoms with van der Waals surface area (Å²) >= 11 is 1.44. The van der Waals surface area contributed by atoms with E-state index in [2.05, 4.69) is 34.2 Å². The van der Waals surface area contributed by atoms with Crippen LogP contribution in [0.5, 0.6) is 0 Å². The van der Waals surface area contributed by atoms with Gasteiger partial charge in [0.15, 0.2) is 0 Å². The molecular formula is C13H18N4S. The number of hydrogen-bond acceptors (Lipinski definition) is 5. The average molecular weight is 262 g/mol. The third-order valence-corrected chi connectivity index (χ3v) is 3.89. The second-order valence-electron chi connectivity index (χ2n) is 4.30. The van der Waals surface area contributed by atoms with E-state index >= 15 is 0 Å². The topological polar surface area (TPSA) is 55.0 Å². The summed E-state index contributed by atoms with van der Waals surface area (Å²) in [5.74, 6) is 0.904. The number of rotatable bonds is 4. The lowest BCUT2D eigenvalue weighted by Gasteiger charge is -2.24. The van der Waals surface area contributed by atoms with Gasteiger partial charge in [0.05, 0.1) is 6.04 Å². The first kappa shape index (κ1) is 12.8. The standard InChI is InChI=1S/C13H18N4S/c1-4-12-15-13(18-16-12)17(3)9(2)10-6-5-7-11(14)8-10/h5-9H,4,14H2,1-3H3. The first-order valence-electron chi connectivity index (χ1n) is 6.02. The molecule has 2 N–H and O–H groups in total. The molecule has 2 aromatic rings. The van der Waals surface area contributed by atoms with Crippen molar-refractivity contribution in [1.82, 2.24) is 9.36 Å². The van der Waals surface area contributed by atoms with Crippen molar-refractivity contribution in [2.75, 3.05) is 17.7 Å². The van der Waals surface area contributed by atoms with Crippen LogP contribution in [0.2, 0.25) is 0 Å². The molecule has 18 heavy (non-hydrogen) atoms. The molecule has 0 amide bonds. The molecule has 1 aromatic heterocycles. The lowest BCUT2D eigenvalue weighted by molar-refractivity contribution is 0.735. The van der Waals surface area contributed by atoms with Gasteiger partial charge in [-0.3, -0.25) is 0 Å². The number of hydrogen-bond donors (Lipinski definition) is 1. The van der Waals surface area contributed by atoms with Crippen molar-refractivity contribution in [2.24, 2.45) is 0 Å². The maximum Gasteiger partial charge on any atom is 0.205 e. The van der Waals surface area contributed by atoms with Crippen LogP contribution in [0, 0.1) is 0 Å². The Hall–Kier alpha value is -1.62. The van der Waals surface area contributed by atoms with Gasteiger partial charge in [-0.05, 0) is 24.6 Å². The number of nitrogen functional groups attached to an aromatic ring is 1. The lowest BCUT2D eigenvalue weighted by Crippen LogP contribution is -2.21. The molecule has 1 aromatic carbocycles. The van der Waals surface area contributed by atoms with Crippen LogP contribution in [0.25, 0.3) is 0 Å². The highest BCUT2D eigenvalue weighted by Crippen LogP contribution is 2.27. The fourth-order valence-corrected chi connectivity index (χ4v) is 2.53. The lowest BCUT2D eigenvalue weighted by atomic mass is 10.1. The summed E-state index contributed by atoms with van der Waals surface area (Å²) in [6, 6.07) is 8.19. The smallest absolute Gasteiger partial charge is 0.205 e. The van der Waals surface area contributed by atoms with Gasteiger partial charge < -0.3 is 10.6 Å². The Morgan fingerprint density at radius 2 is 2.22 bits per heavy atom. The highest BCUT2D eigenvalue weighted by Gasteiger charge is 2.16. The van der Waals surface area contributed by atoms with E-state index in [9.17, 15) is 0 Å². The zero-order valence-corrected chi connectivity index (χ0v) is 11.7. The van der Waals surface area contributed by atoms with E-state index in [1.54, 1.807) is 0 Å². The molecule has 0 radical (unpaired) electrons. The zero-order valence-electron chi connectivity index (χ0n) is 10.9. The van der Waals surface area contributed by atoms with E-state index in [0.717, 1.165) is 23.1 Å². The van der Waals surface area contributed by atoms with Crippen molar-refractivity contribution in [3.8, 4) is 0 Å². The Balaban J connectivity index is 2.20. The predicted molar refractivity (Wildman–Crippen MR) is 77.0 cm³/mol. The number of nitrogens with zero attached hydrogens (tertiary/aromatic N) is 3. The van der Waals surface area contributed by atoms with E-state index in [4.69, 9.17) is 5.73 Å². The van der Waals surface area contributed by atoms with Gasteiger partial charge in [0.2, 0.25) is 5.13 Å². The van der Waals surface area contributed by atoms with Crippen molar-refractivity contribution in [3.63, 3.8) is 0 Å². The largest absolute Gasteiger partial charge is 0.399 e. The second-order valence-corrected chi connectivity index (χ2v) is 5.03. The highest BCUT2D eigenvalue weighted by molar-refractivity contribution is 7.09.